The quantitative estimate of drug-likeness (QED) is 0.0610. The molecule has 5 aromatic rings. The first-order valence-corrected chi connectivity index (χ1v) is 19.2. The van der Waals surface area contributed by atoms with E-state index in [-0.39, 0.29) is 61.6 Å². The molecule has 1 heterocycles. The maximum absolute atomic E-state index is 13.7. The molecule has 5 aromatic carbocycles. The van der Waals surface area contributed by atoms with Crippen LogP contribution in [0.4, 0.5) is 11.4 Å². The Morgan fingerprint density at radius 2 is 1.07 bits per heavy atom. The van der Waals surface area contributed by atoms with Gasteiger partial charge < -0.3 is 20.1 Å². The molecule has 0 aromatic heterocycles. The summed E-state index contributed by atoms with van der Waals surface area (Å²) in [6, 6.07) is 27.5. The Balaban J connectivity index is 1.09. The number of esters is 2. The van der Waals surface area contributed by atoms with E-state index in [1.54, 1.807) is 74.5 Å². The van der Waals surface area contributed by atoms with Gasteiger partial charge in [-0.2, -0.15) is 0 Å². The number of ether oxygens (including phenoxy) is 2. The number of ketones is 2. The van der Waals surface area contributed by atoms with Gasteiger partial charge in [-0.05, 0) is 66.9 Å². The van der Waals surface area contributed by atoms with Crippen molar-refractivity contribution in [3.05, 3.63) is 164 Å². The molecule has 1 atom stereocenters. The van der Waals surface area contributed by atoms with Gasteiger partial charge in [0.05, 0.1) is 28.1 Å². The number of hydrogen-bond donors (Lipinski definition) is 2. The lowest BCUT2D eigenvalue weighted by Crippen LogP contribution is -2.46. The summed E-state index contributed by atoms with van der Waals surface area (Å²) in [7, 11) is 0. The lowest BCUT2D eigenvalue weighted by atomic mass is 10.0. The molecule has 0 aliphatic carbocycles. The molecule has 6 rings (SSSR count). The Morgan fingerprint density at radius 3 is 1.57 bits per heavy atom. The number of hydrogen-bond acceptors (Lipinski definition) is 10. The summed E-state index contributed by atoms with van der Waals surface area (Å²) in [5, 5.41) is 5.62. The van der Waals surface area contributed by atoms with Crippen LogP contribution in [0, 0.1) is 5.92 Å². The van der Waals surface area contributed by atoms with Gasteiger partial charge in [-0.3, -0.25) is 33.7 Å². The fourth-order valence-corrected chi connectivity index (χ4v) is 6.70. The maximum Gasteiger partial charge on any atom is 0.338 e. The minimum atomic E-state index is -1.44. The lowest BCUT2D eigenvalue weighted by Gasteiger charge is -2.25. The standard InChI is InChI=1S/C45H35Cl2N3O10/c1-25(2)19-37(45(58)60-24-39(52)49-36-18-15-30(47)22-34(36)41(54)27-11-7-4-8-12-27)50-42(55)31-16-13-28(20-32(31)43(50)56)44(57)59-23-38(51)48-35-17-14-29(46)21-33(35)40(53)26-9-5-3-6-10-26/h3-18,20-22,25,37H,19,23-24H2,1-2H3,(H,48,51)(H,49,52)/t37-/m0/s1. The third kappa shape index (κ3) is 9.83. The van der Waals surface area contributed by atoms with Crippen LogP contribution in [0.5, 0.6) is 0 Å². The van der Waals surface area contributed by atoms with Gasteiger partial charge in [0.1, 0.15) is 6.04 Å². The number of fused-ring (bicyclic) bond motifs is 1. The van der Waals surface area contributed by atoms with Crippen LogP contribution in [-0.4, -0.2) is 71.3 Å². The molecule has 0 saturated carbocycles. The zero-order valence-corrected chi connectivity index (χ0v) is 33.5. The van der Waals surface area contributed by atoms with Crippen LogP contribution in [0.25, 0.3) is 0 Å². The van der Waals surface area contributed by atoms with E-state index in [4.69, 9.17) is 32.7 Å². The highest BCUT2D eigenvalue weighted by Crippen LogP contribution is 2.30. The first-order valence-electron chi connectivity index (χ1n) is 18.5. The maximum atomic E-state index is 13.7. The molecule has 13 nitrogen and oxygen atoms in total. The summed E-state index contributed by atoms with van der Waals surface area (Å²) >= 11 is 12.3. The summed E-state index contributed by atoms with van der Waals surface area (Å²) in [5.74, 6) is -6.35. The number of nitrogens with one attached hydrogen (secondary N) is 2. The zero-order chi connectivity index (χ0) is 43.1. The second kappa shape index (κ2) is 18.7. The van der Waals surface area contributed by atoms with Gasteiger partial charge in [-0.25, -0.2) is 9.59 Å². The molecule has 0 spiro atoms. The van der Waals surface area contributed by atoms with Crippen molar-refractivity contribution in [2.45, 2.75) is 26.3 Å². The zero-order valence-electron chi connectivity index (χ0n) is 32.0. The smallest absolute Gasteiger partial charge is 0.338 e. The van der Waals surface area contributed by atoms with Crippen molar-refractivity contribution >= 4 is 81.7 Å². The number of anilines is 2. The first-order chi connectivity index (χ1) is 28.7. The molecule has 0 bridgehead atoms. The fraction of sp³-hybridized carbons (Fsp3) is 0.156. The van der Waals surface area contributed by atoms with Crippen LogP contribution < -0.4 is 10.6 Å². The molecular weight excluding hydrogens is 813 g/mol. The molecule has 60 heavy (non-hydrogen) atoms. The Morgan fingerprint density at radius 1 is 0.583 bits per heavy atom. The van der Waals surface area contributed by atoms with E-state index in [1.807, 2.05) is 0 Å². The third-order valence-electron chi connectivity index (χ3n) is 9.18. The topological polar surface area (TPSA) is 182 Å². The van der Waals surface area contributed by atoms with Crippen LogP contribution in [0.1, 0.15) is 83.2 Å². The van der Waals surface area contributed by atoms with Crippen molar-refractivity contribution in [2.24, 2.45) is 5.92 Å². The number of halogens is 2. The summed E-state index contributed by atoms with van der Waals surface area (Å²) < 4.78 is 10.5. The molecular formula is C45H35Cl2N3O10. The molecule has 1 aliphatic rings. The van der Waals surface area contributed by atoms with E-state index in [9.17, 15) is 38.4 Å². The summed E-state index contributed by atoms with van der Waals surface area (Å²) in [5.41, 5.74) is 0.747. The number of amides is 4. The molecule has 2 N–H and O–H groups in total. The Kier molecular flexibility index (Phi) is 13.3. The van der Waals surface area contributed by atoms with Crippen molar-refractivity contribution in [2.75, 3.05) is 23.8 Å². The average molecular weight is 849 g/mol. The van der Waals surface area contributed by atoms with E-state index in [0.29, 0.717) is 11.1 Å². The normalized spacial score (nSPS) is 12.4. The Labute approximate surface area is 353 Å². The van der Waals surface area contributed by atoms with Crippen LogP contribution in [0.15, 0.2) is 115 Å². The highest BCUT2D eigenvalue weighted by molar-refractivity contribution is 6.32. The molecule has 1 aliphatic heterocycles. The van der Waals surface area contributed by atoms with E-state index < -0.39 is 66.4 Å². The minimum absolute atomic E-state index is 0.0187. The molecule has 15 heteroatoms. The number of carbonyl (C=O) groups is 8. The van der Waals surface area contributed by atoms with Crippen molar-refractivity contribution in [1.82, 2.24) is 4.90 Å². The van der Waals surface area contributed by atoms with Gasteiger partial charge in [-0.15, -0.1) is 0 Å². The fourth-order valence-electron chi connectivity index (χ4n) is 6.36. The largest absolute Gasteiger partial charge is 0.454 e. The van der Waals surface area contributed by atoms with Crippen LogP contribution in [-0.2, 0) is 23.9 Å². The van der Waals surface area contributed by atoms with E-state index >= 15 is 0 Å². The highest BCUT2D eigenvalue weighted by atomic mass is 35.5. The number of imide groups is 1. The number of carbonyl (C=O) groups excluding carboxylic acids is 8. The molecule has 304 valence electrons. The highest BCUT2D eigenvalue weighted by Gasteiger charge is 2.44. The SMILES string of the molecule is CC(C)C[C@@H](C(=O)OCC(=O)Nc1ccc(Cl)cc1C(=O)c1ccccc1)N1C(=O)c2ccc(C(=O)OCC(=O)Nc3ccc(Cl)cc3C(=O)c3ccccc3)cc2C1=O. The van der Waals surface area contributed by atoms with Gasteiger partial charge in [0.2, 0.25) is 0 Å². The van der Waals surface area contributed by atoms with Crippen LogP contribution in [0.3, 0.4) is 0 Å². The van der Waals surface area contributed by atoms with Gasteiger partial charge >= 0.3 is 11.9 Å². The average Bonchev–Trinajstić information content (AvgIpc) is 3.49. The summed E-state index contributed by atoms with van der Waals surface area (Å²) in [6.07, 6.45) is -0.0187. The number of nitrogens with zero attached hydrogens (tertiary/aromatic N) is 1. The minimum Gasteiger partial charge on any atom is -0.454 e. The molecule has 0 saturated heterocycles. The van der Waals surface area contributed by atoms with Gasteiger partial charge in [0, 0.05) is 32.3 Å². The Hall–Kier alpha value is -6.96. The van der Waals surface area contributed by atoms with E-state index in [0.717, 1.165) is 11.0 Å². The predicted molar refractivity (Wildman–Crippen MR) is 221 cm³/mol. The molecule has 0 unspecified atom stereocenters. The van der Waals surface area contributed by atoms with E-state index in [1.165, 1.54) is 48.5 Å². The number of benzene rings is 5. The van der Waals surface area contributed by atoms with Gasteiger partial charge in [0.15, 0.2) is 24.8 Å². The number of rotatable bonds is 15. The second-order valence-electron chi connectivity index (χ2n) is 13.9. The van der Waals surface area contributed by atoms with Gasteiger partial charge in [-0.1, -0.05) is 97.7 Å². The van der Waals surface area contributed by atoms with Crippen molar-refractivity contribution in [3.8, 4) is 0 Å². The summed E-state index contributed by atoms with van der Waals surface area (Å²) in [4.78, 5) is 107. The predicted octanol–water partition coefficient (Wildman–Crippen LogP) is 7.44. The van der Waals surface area contributed by atoms with Crippen molar-refractivity contribution < 1.29 is 47.8 Å². The van der Waals surface area contributed by atoms with Crippen molar-refractivity contribution in [1.29, 1.82) is 0 Å². The lowest BCUT2D eigenvalue weighted by molar-refractivity contribution is -0.151. The molecule has 0 fully saturated rings. The van der Waals surface area contributed by atoms with Crippen molar-refractivity contribution in [3.63, 3.8) is 0 Å². The van der Waals surface area contributed by atoms with Crippen LogP contribution >= 0.6 is 23.2 Å². The first kappa shape index (κ1) is 42.6. The second-order valence-corrected chi connectivity index (χ2v) is 14.8. The molecule has 4 amide bonds. The third-order valence-corrected chi connectivity index (χ3v) is 9.65. The van der Waals surface area contributed by atoms with Crippen LogP contribution in [0.2, 0.25) is 10.0 Å². The van der Waals surface area contributed by atoms with Gasteiger partial charge in [0.25, 0.3) is 23.6 Å². The Bertz CT molecular complexity index is 2540. The molecule has 0 radical (unpaired) electrons. The van der Waals surface area contributed by atoms with E-state index in [2.05, 4.69) is 10.6 Å². The monoisotopic (exact) mass is 847 g/mol. The summed E-state index contributed by atoms with van der Waals surface area (Å²) in [6.45, 7) is 1.94.